The van der Waals surface area contributed by atoms with Gasteiger partial charge in [-0.2, -0.15) is 0 Å². The maximum atomic E-state index is 13.9. The van der Waals surface area contributed by atoms with E-state index in [0.717, 1.165) is 41.5 Å². The Morgan fingerprint density at radius 2 is 1.69 bits per heavy atom. The Labute approximate surface area is 205 Å². The molecule has 3 heterocycles. The Balaban J connectivity index is 1.32. The van der Waals surface area contributed by atoms with Crippen molar-refractivity contribution in [3.8, 4) is 0 Å². The molecule has 3 aliphatic heterocycles. The van der Waals surface area contributed by atoms with Crippen molar-refractivity contribution in [1.82, 2.24) is 20.0 Å². The predicted molar refractivity (Wildman–Crippen MR) is 137 cm³/mol. The van der Waals surface area contributed by atoms with Crippen molar-refractivity contribution < 1.29 is 9.59 Å². The fraction of sp³-hybridized carbons (Fsp3) is 0.357. The van der Waals surface area contributed by atoms with Gasteiger partial charge in [0, 0.05) is 25.8 Å². The molecule has 0 radical (unpaired) electrons. The average Bonchev–Trinajstić information content (AvgIpc) is 3.25. The van der Waals surface area contributed by atoms with Crippen LogP contribution in [0.25, 0.3) is 10.8 Å². The number of nitrogens with one attached hydrogen (secondary N) is 1. The molecule has 3 fully saturated rings. The lowest BCUT2D eigenvalue weighted by molar-refractivity contribution is -0.139. The molecule has 180 valence electrons. The van der Waals surface area contributed by atoms with Gasteiger partial charge in [-0.25, -0.2) is 4.79 Å². The van der Waals surface area contributed by atoms with Gasteiger partial charge in [-0.05, 0) is 59.9 Å². The van der Waals surface area contributed by atoms with Crippen LogP contribution in [0.4, 0.5) is 10.5 Å². The number of benzene rings is 3. The fourth-order valence-electron chi connectivity index (χ4n) is 6.05. The molecule has 0 spiro atoms. The van der Waals surface area contributed by atoms with Crippen LogP contribution in [0.5, 0.6) is 0 Å². The van der Waals surface area contributed by atoms with Gasteiger partial charge < -0.3 is 9.80 Å². The van der Waals surface area contributed by atoms with Crippen LogP contribution in [0.15, 0.2) is 60.7 Å². The third-order valence-electron chi connectivity index (χ3n) is 7.62. The highest BCUT2D eigenvalue weighted by molar-refractivity contribution is 6.01. The van der Waals surface area contributed by atoms with E-state index >= 15 is 0 Å². The van der Waals surface area contributed by atoms with Crippen molar-refractivity contribution in [1.29, 1.82) is 0 Å². The van der Waals surface area contributed by atoms with Crippen LogP contribution in [0.2, 0.25) is 0 Å². The summed E-state index contributed by atoms with van der Waals surface area (Å²) in [6.45, 7) is 6.21. The van der Waals surface area contributed by atoms with Crippen molar-refractivity contribution in [2.24, 2.45) is 0 Å². The van der Waals surface area contributed by atoms with E-state index in [-0.39, 0.29) is 30.9 Å². The molecular formula is C28H31N5O2. The molecule has 3 saturated heterocycles. The first-order valence-corrected chi connectivity index (χ1v) is 12.3. The number of carbonyl (C=O) groups is 2. The molecule has 7 heteroatoms. The normalized spacial score (nSPS) is 24.8. The standard InChI is InChI=1S/C28H31N5O2/c1-18-14-19(2)16-22(15-18)31-12-7-13-32-24-25(29-27(31)32)30(3)28(35)33(26(24)34)17-21-10-6-9-20-8-4-5-11-23(20)21/h4-6,8-11,14-16,24-25,27,29H,7,12-13,17H2,1-3H3. The van der Waals surface area contributed by atoms with Gasteiger partial charge in [-0.3, -0.25) is 19.9 Å². The van der Waals surface area contributed by atoms with Crippen LogP contribution in [0.1, 0.15) is 23.1 Å². The van der Waals surface area contributed by atoms with E-state index in [9.17, 15) is 9.59 Å². The summed E-state index contributed by atoms with van der Waals surface area (Å²) in [4.78, 5) is 35.0. The molecule has 6 rings (SSSR count). The Hall–Kier alpha value is -3.42. The van der Waals surface area contributed by atoms with E-state index in [2.05, 4.69) is 65.4 Å². The molecule has 7 nitrogen and oxygen atoms in total. The Bertz CT molecular complexity index is 1300. The minimum atomic E-state index is -0.411. The van der Waals surface area contributed by atoms with Crippen molar-refractivity contribution >= 4 is 28.4 Å². The number of likely N-dealkylation sites (N-methyl/N-ethyl adjacent to an activating group) is 1. The predicted octanol–water partition coefficient (Wildman–Crippen LogP) is 3.64. The lowest BCUT2D eigenvalue weighted by Gasteiger charge is -2.44. The number of imide groups is 1. The number of aryl methyl sites for hydroxylation is 2. The van der Waals surface area contributed by atoms with Crippen molar-refractivity contribution in [3.05, 3.63) is 77.4 Å². The van der Waals surface area contributed by atoms with E-state index < -0.39 is 6.04 Å². The van der Waals surface area contributed by atoms with Crippen LogP contribution < -0.4 is 10.2 Å². The highest BCUT2D eigenvalue weighted by atomic mass is 16.2. The summed E-state index contributed by atoms with van der Waals surface area (Å²) in [6, 6.07) is 20.1. The maximum absolute atomic E-state index is 13.9. The highest BCUT2D eigenvalue weighted by Gasteiger charge is 2.56. The fourth-order valence-corrected chi connectivity index (χ4v) is 6.05. The summed E-state index contributed by atoms with van der Waals surface area (Å²) in [7, 11) is 1.80. The number of carbonyl (C=O) groups excluding carboxylic acids is 2. The largest absolute Gasteiger partial charge is 0.343 e. The van der Waals surface area contributed by atoms with Gasteiger partial charge in [0.25, 0.3) is 5.91 Å². The highest BCUT2D eigenvalue weighted by Crippen LogP contribution is 2.34. The second-order valence-corrected chi connectivity index (χ2v) is 10.0. The van der Waals surface area contributed by atoms with Crippen LogP contribution in [-0.4, -0.2) is 65.3 Å². The SMILES string of the molecule is Cc1cc(C)cc(N2CCCN3C4C(=O)N(Cc5cccc6ccccc56)C(=O)N(C)C4NC23)c1. The molecule has 3 aliphatic rings. The molecule has 3 aromatic rings. The van der Waals surface area contributed by atoms with E-state index in [1.54, 1.807) is 11.9 Å². The molecule has 0 saturated carbocycles. The number of nitrogens with zero attached hydrogens (tertiary/aromatic N) is 4. The Morgan fingerprint density at radius 1 is 0.943 bits per heavy atom. The van der Waals surface area contributed by atoms with Crippen LogP contribution in [-0.2, 0) is 11.3 Å². The van der Waals surface area contributed by atoms with E-state index in [4.69, 9.17) is 0 Å². The smallest absolute Gasteiger partial charge is 0.328 e. The topological polar surface area (TPSA) is 59.1 Å². The Morgan fingerprint density at radius 3 is 2.49 bits per heavy atom. The summed E-state index contributed by atoms with van der Waals surface area (Å²) >= 11 is 0. The molecule has 0 aliphatic carbocycles. The number of hydrogen-bond donors (Lipinski definition) is 1. The molecule has 3 amide bonds. The zero-order valence-corrected chi connectivity index (χ0v) is 20.4. The number of rotatable bonds is 3. The molecule has 3 aromatic carbocycles. The van der Waals surface area contributed by atoms with Crippen LogP contribution in [0.3, 0.4) is 0 Å². The molecule has 3 unspecified atom stereocenters. The van der Waals surface area contributed by atoms with Crippen LogP contribution in [0, 0.1) is 13.8 Å². The van der Waals surface area contributed by atoms with Gasteiger partial charge in [-0.1, -0.05) is 48.5 Å². The number of anilines is 1. The van der Waals surface area contributed by atoms with Crippen molar-refractivity contribution in [3.63, 3.8) is 0 Å². The number of fused-ring (bicyclic) bond motifs is 4. The third kappa shape index (κ3) is 3.58. The van der Waals surface area contributed by atoms with Gasteiger partial charge >= 0.3 is 6.03 Å². The van der Waals surface area contributed by atoms with Gasteiger partial charge in [-0.15, -0.1) is 0 Å². The summed E-state index contributed by atoms with van der Waals surface area (Å²) in [6.07, 6.45) is 0.481. The summed E-state index contributed by atoms with van der Waals surface area (Å²) < 4.78 is 0. The molecule has 0 aromatic heterocycles. The monoisotopic (exact) mass is 469 g/mol. The minimum absolute atomic E-state index is 0.122. The van der Waals surface area contributed by atoms with Crippen molar-refractivity contribution in [2.75, 3.05) is 25.0 Å². The van der Waals surface area contributed by atoms with Gasteiger partial charge in [0.2, 0.25) is 0 Å². The van der Waals surface area contributed by atoms with Gasteiger partial charge in [0.1, 0.15) is 18.5 Å². The van der Waals surface area contributed by atoms with Gasteiger partial charge in [0.15, 0.2) is 0 Å². The summed E-state index contributed by atoms with van der Waals surface area (Å²) in [5.74, 6) is -0.122. The van der Waals surface area contributed by atoms with Gasteiger partial charge in [0.05, 0.1) is 6.54 Å². The van der Waals surface area contributed by atoms with E-state index in [1.165, 1.54) is 16.0 Å². The number of urea groups is 1. The molecule has 3 atom stereocenters. The summed E-state index contributed by atoms with van der Waals surface area (Å²) in [5, 5.41) is 5.79. The number of amides is 3. The molecular weight excluding hydrogens is 438 g/mol. The molecule has 0 bridgehead atoms. The zero-order valence-electron chi connectivity index (χ0n) is 20.4. The second-order valence-electron chi connectivity index (χ2n) is 10.0. The van der Waals surface area contributed by atoms with E-state index in [1.807, 2.05) is 24.3 Å². The van der Waals surface area contributed by atoms with Crippen LogP contribution >= 0.6 is 0 Å². The first-order chi connectivity index (χ1) is 16.9. The maximum Gasteiger partial charge on any atom is 0.328 e. The van der Waals surface area contributed by atoms with E-state index in [0.29, 0.717) is 0 Å². The van der Waals surface area contributed by atoms with Crippen molar-refractivity contribution in [2.45, 2.75) is 45.3 Å². The first kappa shape index (κ1) is 22.1. The lowest BCUT2D eigenvalue weighted by Crippen LogP contribution is -2.66. The molecule has 35 heavy (non-hydrogen) atoms. The lowest BCUT2D eigenvalue weighted by atomic mass is 10.0. The second kappa shape index (κ2) is 8.36. The molecule has 1 N–H and O–H groups in total. The average molecular weight is 470 g/mol. The minimum Gasteiger partial charge on any atom is -0.343 e. The first-order valence-electron chi connectivity index (χ1n) is 12.3. The third-order valence-corrected chi connectivity index (χ3v) is 7.62. The summed E-state index contributed by atoms with van der Waals surface area (Å²) in [5.41, 5.74) is 4.57. The number of hydrogen-bond acceptors (Lipinski definition) is 5. The quantitative estimate of drug-likeness (QED) is 0.635. The zero-order chi connectivity index (χ0) is 24.3. The Kier molecular flexibility index (Phi) is 5.27.